The van der Waals surface area contributed by atoms with Crippen LogP contribution in [0.25, 0.3) is 11.0 Å². The molecule has 0 spiro atoms. The minimum Gasteiger partial charge on any atom is -0.371 e. The molecular formula is C17H24N5O13P3. The van der Waals surface area contributed by atoms with Gasteiger partial charge in [-0.25, -0.2) is 13.7 Å². The molecule has 3 heterocycles. The van der Waals surface area contributed by atoms with Crippen molar-refractivity contribution in [2.45, 2.75) is 24.9 Å². The van der Waals surface area contributed by atoms with Crippen LogP contribution in [0.15, 0.2) is 23.6 Å². The van der Waals surface area contributed by atoms with Crippen molar-refractivity contribution < 1.29 is 55.9 Å². The number of phosphoric ester groups is 1. The fraction of sp³-hybridized carbons (Fsp3) is 0.412. The molecule has 2 aromatic heterocycles. The zero-order valence-electron chi connectivity index (χ0n) is 19.3. The molecule has 1 aliphatic rings. The molecule has 0 radical (unpaired) electrons. The Labute approximate surface area is 214 Å². The lowest BCUT2D eigenvalue weighted by Crippen LogP contribution is -2.29. The molecule has 0 aliphatic carbocycles. The van der Waals surface area contributed by atoms with Crippen LogP contribution in [0.3, 0.4) is 0 Å². The highest BCUT2D eigenvalue weighted by Gasteiger charge is 2.43. The Morgan fingerprint density at radius 3 is 2.61 bits per heavy atom. The fourth-order valence-corrected chi connectivity index (χ4v) is 6.52. The van der Waals surface area contributed by atoms with E-state index < -0.39 is 54.1 Å². The Kier molecular flexibility index (Phi) is 9.51. The van der Waals surface area contributed by atoms with Crippen molar-refractivity contribution in [1.82, 2.24) is 14.5 Å². The largest absolute Gasteiger partial charge is 0.490 e. The molecule has 18 nitrogen and oxygen atoms in total. The van der Waals surface area contributed by atoms with Gasteiger partial charge < -0.3 is 45.1 Å². The van der Waals surface area contributed by atoms with Gasteiger partial charge in [0.25, 0.3) is 5.56 Å². The number of aromatic nitrogens is 3. The number of H-pyrrole nitrogens is 1. The van der Waals surface area contributed by atoms with Gasteiger partial charge in [0.2, 0.25) is 5.95 Å². The third kappa shape index (κ3) is 7.92. The third-order valence-electron chi connectivity index (χ3n) is 4.76. The third-order valence-corrected chi connectivity index (χ3v) is 8.57. The summed E-state index contributed by atoms with van der Waals surface area (Å²) in [6.07, 6.45) is 0.222. The topological polar surface area (TPSA) is 281 Å². The van der Waals surface area contributed by atoms with Crippen molar-refractivity contribution in [3.63, 3.8) is 0 Å². The summed E-state index contributed by atoms with van der Waals surface area (Å²) in [5.41, 5.74) is 11.0. The van der Waals surface area contributed by atoms with Crippen LogP contribution < -0.4 is 17.0 Å². The molecule has 3 rings (SSSR count). The molecular weight excluding hydrogens is 575 g/mol. The predicted molar refractivity (Wildman–Crippen MR) is 129 cm³/mol. The first-order valence-electron chi connectivity index (χ1n) is 10.4. The first-order valence-corrected chi connectivity index (χ1v) is 14.9. The van der Waals surface area contributed by atoms with E-state index in [9.17, 15) is 28.3 Å². The SMILES string of the molecule is C=CCOC1CC(n2cc(C#CCN)c3c(=O)[nH]c(N)nc32)OC1COP(=O)(O)OP(=O)(O)OP(=O)(O)O. The second-order valence-corrected chi connectivity index (χ2v) is 11.9. The van der Waals surface area contributed by atoms with E-state index in [1.54, 1.807) is 0 Å². The predicted octanol–water partition coefficient (Wildman–Crippen LogP) is -0.181. The van der Waals surface area contributed by atoms with Crippen molar-refractivity contribution in [3.05, 3.63) is 34.8 Å². The van der Waals surface area contributed by atoms with Gasteiger partial charge >= 0.3 is 23.5 Å². The maximum absolute atomic E-state index is 12.5. The van der Waals surface area contributed by atoms with Crippen LogP contribution in [0.4, 0.5) is 5.95 Å². The summed E-state index contributed by atoms with van der Waals surface area (Å²) in [6.45, 7) is 2.85. The van der Waals surface area contributed by atoms with Gasteiger partial charge in [0.15, 0.2) is 5.65 Å². The molecule has 5 unspecified atom stereocenters. The van der Waals surface area contributed by atoms with Crippen LogP contribution in [0, 0.1) is 11.8 Å². The monoisotopic (exact) mass is 599 g/mol. The first kappa shape index (κ1) is 30.4. The molecule has 38 heavy (non-hydrogen) atoms. The average Bonchev–Trinajstić information content (AvgIpc) is 3.33. The molecule has 0 saturated carbocycles. The van der Waals surface area contributed by atoms with Gasteiger partial charge in [0, 0.05) is 12.6 Å². The lowest BCUT2D eigenvalue weighted by atomic mass is 10.2. The van der Waals surface area contributed by atoms with E-state index in [1.165, 1.54) is 16.8 Å². The van der Waals surface area contributed by atoms with Crippen LogP contribution in [0.2, 0.25) is 0 Å². The maximum Gasteiger partial charge on any atom is 0.490 e. The summed E-state index contributed by atoms with van der Waals surface area (Å²) in [7, 11) is -16.7. The smallest absolute Gasteiger partial charge is 0.371 e. The van der Waals surface area contributed by atoms with E-state index in [0.29, 0.717) is 0 Å². The number of rotatable bonds is 11. The fourth-order valence-electron chi connectivity index (χ4n) is 3.49. The number of ether oxygens (including phenoxy) is 2. The van der Waals surface area contributed by atoms with Gasteiger partial charge in [-0.15, -0.1) is 6.58 Å². The molecule has 21 heteroatoms. The summed E-state index contributed by atoms with van der Waals surface area (Å²) in [6, 6.07) is 0. The average molecular weight is 599 g/mol. The van der Waals surface area contributed by atoms with Gasteiger partial charge in [-0.05, 0) is 0 Å². The second-order valence-electron chi connectivity index (χ2n) is 7.52. The van der Waals surface area contributed by atoms with E-state index in [2.05, 4.69) is 37.0 Å². The molecule has 5 atom stereocenters. The standard InChI is InChI=1S/C17H24N5O13P3/c1-2-6-31-11-7-13(22-8-10(4-3-5-18)14-15(22)20-17(19)21-16(14)23)33-12(11)9-32-37(27,28)35-38(29,30)34-36(24,25)26/h2,8,11-13H,1,5-7,9,18H2,(H,27,28)(H,29,30)(H2,24,25,26)(H3,19,20,21,23). The lowest BCUT2D eigenvalue weighted by Gasteiger charge is -2.21. The van der Waals surface area contributed by atoms with Crippen LogP contribution in [0.5, 0.6) is 0 Å². The summed E-state index contributed by atoms with van der Waals surface area (Å²) in [5, 5.41) is 0.115. The van der Waals surface area contributed by atoms with Gasteiger partial charge in [0.1, 0.15) is 12.3 Å². The summed E-state index contributed by atoms with van der Waals surface area (Å²) >= 11 is 0. The molecule has 0 aromatic carbocycles. The van der Waals surface area contributed by atoms with E-state index in [-0.39, 0.29) is 42.1 Å². The Balaban J connectivity index is 1.86. The molecule has 0 amide bonds. The van der Waals surface area contributed by atoms with Crippen LogP contribution in [-0.4, -0.2) is 66.1 Å². The summed E-state index contributed by atoms with van der Waals surface area (Å²) in [4.78, 5) is 55.4. The number of aromatic amines is 1. The van der Waals surface area contributed by atoms with E-state index in [4.69, 9.17) is 35.3 Å². The number of nitrogen functional groups attached to an aromatic ring is 1. The highest BCUT2D eigenvalue weighted by Crippen LogP contribution is 2.66. The number of hydrogen-bond donors (Lipinski definition) is 7. The van der Waals surface area contributed by atoms with Gasteiger partial charge in [-0.1, -0.05) is 17.9 Å². The molecule has 9 N–H and O–H groups in total. The number of anilines is 1. The highest BCUT2D eigenvalue weighted by molar-refractivity contribution is 7.66. The number of phosphoric acid groups is 3. The number of nitrogens with one attached hydrogen (secondary N) is 1. The van der Waals surface area contributed by atoms with Crippen molar-refractivity contribution in [3.8, 4) is 11.8 Å². The van der Waals surface area contributed by atoms with Crippen molar-refractivity contribution in [2.75, 3.05) is 25.5 Å². The van der Waals surface area contributed by atoms with Gasteiger partial charge in [0.05, 0.1) is 36.8 Å². The van der Waals surface area contributed by atoms with E-state index in [0.717, 1.165) is 0 Å². The normalized spacial score (nSPS) is 22.9. The number of nitrogens with zero attached hydrogens (tertiary/aromatic N) is 2. The summed E-state index contributed by atoms with van der Waals surface area (Å²) < 4.78 is 59.6. The van der Waals surface area contributed by atoms with Crippen LogP contribution in [0.1, 0.15) is 18.2 Å². The summed E-state index contributed by atoms with van der Waals surface area (Å²) in [5.74, 6) is 5.23. The number of hydrogen-bond acceptors (Lipinski definition) is 12. The Hall–Kier alpha value is -2.19. The van der Waals surface area contributed by atoms with Crippen molar-refractivity contribution in [1.29, 1.82) is 0 Å². The minimum absolute atomic E-state index is 0.0209. The van der Waals surface area contributed by atoms with Crippen molar-refractivity contribution in [2.24, 2.45) is 5.73 Å². The van der Waals surface area contributed by atoms with Crippen LogP contribution >= 0.6 is 23.5 Å². The molecule has 1 fully saturated rings. The quantitative estimate of drug-likeness (QED) is 0.100. The molecule has 2 aromatic rings. The van der Waals surface area contributed by atoms with Crippen molar-refractivity contribution >= 4 is 40.4 Å². The molecule has 210 valence electrons. The lowest BCUT2D eigenvalue weighted by molar-refractivity contribution is -0.0549. The first-order chi connectivity index (χ1) is 17.6. The van der Waals surface area contributed by atoms with E-state index in [1.807, 2.05) is 0 Å². The maximum atomic E-state index is 12.5. The molecule has 1 saturated heterocycles. The molecule has 1 aliphatic heterocycles. The zero-order chi connectivity index (χ0) is 28.3. The van der Waals surface area contributed by atoms with Gasteiger partial charge in [-0.2, -0.15) is 13.6 Å². The molecule has 0 bridgehead atoms. The Morgan fingerprint density at radius 1 is 1.26 bits per heavy atom. The zero-order valence-corrected chi connectivity index (χ0v) is 22.0. The minimum atomic E-state index is -5.70. The Morgan fingerprint density at radius 2 is 1.97 bits per heavy atom. The Bertz CT molecular complexity index is 1460. The number of nitrogens with two attached hydrogens (primary N) is 2. The second kappa shape index (κ2) is 11.9. The number of fused-ring (bicyclic) bond motifs is 1. The highest BCUT2D eigenvalue weighted by atomic mass is 31.3. The van der Waals surface area contributed by atoms with E-state index >= 15 is 0 Å². The van der Waals surface area contributed by atoms with Gasteiger partial charge in [-0.3, -0.25) is 14.3 Å². The van der Waals surface area contributed by atoms with Crippen LogP contribution in [-0.2, 0) is 36.3 Å².